The van der Waals surface area contributed by atoms with Gasteiger partial charge < -0.3 is 16.6 Å². The molecule has 0 rings (SSSR count). The van der Waals surface area contributed by atoms with Gasteiger partial charge in [0.15, 0.2) is 5.78 Å². The Bertz CT molecular complexity index is 289. The van der Waals surface area contributed by atoms with E-state index in [1.807, 2.05) is 13.8 Å². The number of carbonyl (C=O) groups excluding carboxylic acids is 2. The first kappa shape index (κ1) is 14.6. The Labute approximate surface area is 94.0 Å². The fourth-order valence-corrected chi connectivity index (χ4v) is 1.40. The number of rotatable bonds is 7. The van der Waals surface area contributed by atoms with Gasteiger partial charge in [-0.3, -0.25) is 14.4 Å². The van der Waals surface area contributed by atoms with Crippen LogP contribution < -0.4 is 11.5 Å². The molecule has 0 aliphatic rings. The van der Waals surface area contributed by atoms with Crippen LogP contribution in [-0.4, -0.2) is 28.8 Å². The van der Waals surface area contributed by atoms with Crippen LogP contribution in [0.1, 0.15) is 26.7 Å². The fourth-order valence-electron chi connectivity index (χ4n) is 1.40. The molecule has 0 aromatic heterocycles. The molecule has 1 unspecified atom stereocenters. The lowest BCUT2D eigenvalue weighted by Gasteiger charge is -2.17. The zero-order chi connectivity index (χ0) is 12.9. The molecule has 0 aliphatic heterocycles. The monoisotopic (exact) mass is 230 g/mol. The molecule has 0 aromatic rings. The molecule has 92 valence electrons. The maximum Gasteiger partial charge on any atom is 0.304 e. The van der Waals surface area contributed by atoms with Crippen molar-refractivity contribution >= 4 is 17.7 Å². The number of hydrogen-bond acceptors (Lipinski definition) is 4. The normalized spacial score (nSPS) is 14.5. The van der Waals surface area contributed by atoms with E-state index < -0.39 is 36.0 Å². The smallest absolute Gasteiger partial charge is 0.304 e. The molecule has 16 heavy (non-hydrogen) atoms. The van der Waals surface area contributed by atoms with Crippen LogP contribution in [0.3, 0.4) is 0 Å². The number of nitrogens with two attached hydrogens (primary N) is 2. The molecule has 6 heteroatoms. The van der Waals surface area contributed by atoms with Crippen molar-refractivity contribution in [2.75, 3.05) is 0 Å². The van der Waals surface area contributed by atoms with Crippen LogP contribution in [0.15, 0.2) is 0 Å². The molecule has 0 saturated carbocycles. The van der Waals surface area contributed by atoms with Crippen LogP contribution in [0.5, 0.6) is 0 Å². The van der Waals surface area contributed by atoms with Gasteiger partial charge in [-0.1, -0.05) is 13.8 Å². The maximum absolute atomic E-state index is 11.7. The molecule has 0 aliphatic carbocycles. The largest absolute Gasteiger partial charge is 0.481 e. The second kappa shape index (κ2) is 6.22. The van der Waals surface area contributed by atoms with E-state index in [9.17, 15) is 14.4 Å². The highest BCUT2D eigenvalue weighted by Gasteiger charge is 2.31. The minimum Gasteiger partial charge on any atom is -0.481 e. The van der Waals surface area contributed by atoms with Gasteiger partial charge in [0.1, 0.15) is 5.92 Å². The van der Waals surface area contributed by atoms with Crippen LogP contribution >= 0.6 is 0 Å². The summed E-state index contributed by atoms with van der Waals surface area (Å²) in [5.41, 5.74) is 10.6. The number of aliphatic carboxylic acids is 1. The average molecular weight is 230 g/mol. The second-order valence-electron chi connectivity index (χ2n) is 4.19. The van der Waals surface area contributed by atoms with Crippen molar-refractivity contribution in [3.8, 4) is 0 Å². The van der Waals surface area contributed by atoms with E-state index in [1.165, 1.54) is 0 Å². The molecule has 5 N–H and O–H groups in total. The third-order valence-electron chi connectivity index (χ3n) is 2.16. The summed E-state index contributed by atoms with van der Waals surface area (Å²) in [5.74, 6) is -3.91. The molecule has 0 radical (unpaired) electrons. The van der Waals surface area contributed by atoms with Gasteiger partial charge in [0, 0.05) is 0 Å². The average Bonchev–Trinajstić information content (AvgIpc) is 2.11. The predicted molar refractivity (Wildman–Crippen MR) is 57.4 cm³/mol. The first-order valence-electron chi connectivity index (χ1n) is 5.06. The summed E-state index contributed by atoms with van der Waals surface area (Å²) >= 11 is 0. The molecular formula is C10H18N2O4. The Hall–Kier alpha value is -1.43. The molecule has 0 spiro atoms. The van der Waals surface area contributed by atoms with E-state index in [2.05, 4.69) is 0 Å². The predicted octanol–water partition coefficient (Wildman–Crippen LogP) is -0.495. The Morgan fingerprint density at radius 1 is 1.25 bits per heavy atom. The topological polar surface area (TPSA) is 123 Å². The minimum atomic E-state index is -1.33. The molecule has 0 heterocycles. The number of amides is 1. The van der Waals surface area contributed by atoms with Gasteiger partial charge >= 0.3 is 5.97 Å². The highest BCUT2D eigenvalue weighted by atomic mass is 16.4. The zero-order valence-corrected chi connectivity index (χ0v) is 9.47. The number of carbonyl (C=O) groups is 3. The summed E-state index contributed by atoms with van der Waals surface area (Å²) in [6.45, 7) is 3.76. The summed E-state index contributed by atoms with van der Waals surface area (Å²) < 4.78 is 0. The van der Waals surface area contributed by atoms with Crippen molar-refractivity contribution in [1.82, 2.24) is 0 Å². The molecule has 0 saturated heterocycles. The van der Waals surface area contributed by atoms with Crippen molar-refractivity contribution in [1.29, 1.82) is 0 Å². The molecule has 0 fully saturated rings. The number of Topliss-reactive ketones (excluding diaryl/α,β-unsaturated/α-hetero) is 1. The Balaban J connectivity index is 4.61. The van der Waals surface area contributed by atoms with Crippen molar-refractivity contribution in [2.45, 2.75) is 32.7 Å². The number of hydrogen-bond donors (Lipinski definition) is 3. The highest BCUT2D eigenvalue weighted by Crippen LogP contribution is 2.11. The highest BCUT2D eigenvalue weighted by molar-refractivity contribution is 6.05. The lowest BCUT2D eigenvalue weighted by molar-refractivity contribution is -0.144. The van der Waals surface area contributed by atoms with Crippen molar-refractivity contribution < 1.29 is 19.5 Å². The van der Waals surface area contributed by atoms with Crippen LogP contribution in [0, 0.1) is 11.8 Å². The van der Waals surface area contributed by atoms with Gasteiger partial charge in [0.2, 0.25) is 5.91 Å². The summed E-state index contributed by atoms with van der Waals surface area (Å²) in [6, 6.07) is -0.836. The third kappa shape index (κ3) is 4.88. The fraction of sp³-hybridized carbons (Fsp3) is 0.700. The van der Waals surface area contributed by atoms with E-state index in [0.717, 1.165) is 0 Å². The van der Waals surface area contributed by atoms with E-state index in [4.69, 9.17) is 16.6 Å². The lowest BCUT2D eigenvalue weighted by Crippen LogP contribution is -2.43. The quantitative estimate of drug-likeness (QED) is 0.509. The summed E-state index contributed by atoms with van der Waals surface area (Å²) in [6.07, 6.45) is -0.192. The van der Waals surface area contributed by atoms with Gasteiger partial charge in [-0.2, -0.15) is 0 Å². The molecule has 0 bridgehead atoms. The molecular weight excluding hydrogens is 212 g/mol. The van der Waals surface area contributed by atoms with Gasteiger partial charge in [-0.15, -0.1) is 0 Å². The number of ketones is 1. The lowest BCUT2D eigenvalue weighted by atomic mass is 9.90. The maximum atomic E-state index is 11.7. The minimum absolute atomic E-state index is 0.192. The van der Waals surface area contributed by atoms with E-state index in [0.29, 0.717) is 6.42 Å². The van der Waals surface area contributed by atoms with Crippen LogP contribution in [0.2, 0.25) is 0 Å². The van der Waals surface area contributed by atoms with E-state index in [-0.39, 0.29) is 5.92 Å². The van der Waals surface area contributed by atoms with Gasteiger partial charge in [0.05, 0.1) is 12.5 Å². The van der Waals surface area contributed by atoms with Crippen LogP contribution in [-0.2, 0) is 14.4 Å². The Morgan fingerprint density at radius 3 is 2.06 bits per heavy atom. The van der Waals surface area contributed by atoms with Crippen molar-refractivity contribution in [3.05, 3.63) is 0 Å². The van der Waals surface area contributed by atoms with Crippen LogP contribution in [0.4, 0.5) is 0 Å². The molecule has 1 amide bonds. The number of carboxylic acid groups (broad SMARTS) is 1. The number of primary amides is 1. The second-order valence-corrected chi connectivity index (χ2v) is 4.19. The zero-order valence-electron chi connectivity index (χ0n) is 9.47. The Morgan fingerprint density at radius 2 is 1.75 bits per heavy atom. The van der Waals surface area contributed by atoms with Crippen LogP contribution in [0.25, 0.3) is 0 Å². The van der Waals surface area contributed by atoms with E-state index in [1.54, 1.807) is 0 Å². The first-order chi connectivity index (χ1) is 7.25. The van der Waals surface area contributed by atoms with Gasteiger partial charge in [0.25, 0.3) is 0 Å². The standard InChI is InChI=1S/C10H18N2O4/c1-5(2)3-7(11)9(15)6(10(12)16)4-8(13)14/h5-7H,3-4,11H2,1-2H3,(H2,12,16)(H,13,14)/t6?,7-/m0/s1. The molecule has 6 nitrogen and oxygen atoms in total. The molecule has 0 aromatic carbocycles. The SMILES string of the molecule is CC(C)C[C@H](N)C(=O)C(CC(=O)O)C(N)=O. The number of carboxylic acids is 1. The summed E-state index contributed by atoms with van der Waals surface area (Å²) in [7, 11) is 0. The van der Waals surface area contributed by atoms with Gasteiger partial charge in [-0.25, -0.2) is 0 Å². The van der Waals surface area contributed by atoms with Gasteiger partial charge in [-0.05, 0) is 12.3 Å². The molecule has 2 atom stereocenters. The van der Waals surface area contributed by atoms with E-state index >= 15 is 0 Å². The van der Waals surface area contributed by atoms with Crippen molar-refractivity contribution in [2.24, 2.45) is 23.3 Å². The summed E-state index contributed by atoms with van der Waals surface area (Å²) in [4.78, 5) is 33.1. The third-order valence-corrected chi connectivity index (χ3v) is 2.16. The summed E-state index contributed by atoms with van der Waals surface area (Å²) in [5, 5.41) is 8.54. The first-order valence-corrected chi connectivity index (χ1v) is 5.06. The Kier molecular flexibility index (Phi) is 5.66. The van der Waals surface area contributed by atoms with Crippen molar-refractivity contribution in [3.63, 3.8) is 0 Å².